The van der Waals surface area contributed by atoms with E-state index >= 15 is 0 Å². The largest absolute Gasteiger partial charge is 0.469 e. The standard InChI is InChI=1S/C38H64O5Si/c1-9-11-25-38(7,41)26-16-18-34-33(17-14-12-13-15-19-37(40)42-8)35(39)28-36(34)43-44(29(3)4,30(5)6)27-24-32-22-20-31(10-2)21-23-32/h16,18,20-23,29-30,33-34,36,41H,9-15,17,19,24-28H2,1-8H3/b18-16+. The van der Waals surface area contributed by atoms with Gasteiger partial charge in [0.15, 0.2) is 8.32 Å². The minimum absolute atomic E-state index is 0.0350. The number of hydrogen-bond acceptors (Lipinski definition) is 5. The fraction of sp³-hybridized carbons (Fsp3) is 0.737. The maximum Gasteiger partial charge on any atom is 0.305 e. The molecule has 0 radical (unpaired) electrons. The molecule has 0 aliphatic heterocycles. The fourth-order valence-corrected chi connectivity index (χ4v) is 11.7. The number of carbonyl (C=O) groups is 2. The van der Waals surface area contributed by atoms with Crippen LogP contribution in [-0.2, 0) is 31.6 Å². The lowest BCUT2D eigenvalue weighted by Crippen LogP contribution is -2.48. The van der Waals surface area contributed by atoms with Crippen LogP contribution in [0.4, 0.5) is 0 Å². The first-order valence-electron chi connectivity index (χ1n) is 17.6. The van der Waals surface area contributed by atoms with Crippen LogP contribution in [0.25, 0.3) is 0 Å². The molecule has 250 valence electrons. The van der Waals surface area contributed by atoms with Crippen LogP contribution in [0, 0.1) is 11.8 Å². The second-order valence-corrected chi connectivity index (χ2v) is 19.2. The van der Waals surface area contributed by atoms with E-state index in [1.54, 1.807) is 0 Å². The van der Waals surface area contributed by atoms with Crippen molar-refractivity contribution < 1.29 is 23.9 Å². The van der Waals surface area contributed by atoms with Crippen LogP contribution >= 0.6 is 0 Å². The van der Waals surface area contributed by atoms with Gasteiger partial charge in [-0.3, -0.25) is 9.59 Å². The van der Waals surface area contributed by atoms with Gasteiger partial charge in [-0.1, -0.05) is 110 Å². The Kier molecular flexibility index (Phi) is 16.6. The summed E-state index contributed by atoms with van der Waals surface area (Å²) in [7, 11) is -0.823. The van der Waals surface area contributed by atoms with Gasteiger partial charge in [0.1, 0.15) is 5.78 Å². The van der Waals surface area contributed by atoms with Gasteiger partial charge in [0.25, 0.3) is 0 Å². The number of aryl methyl sites for hydroxylation is 2. The van der Waals surface area contributed by atoms with Crippen molar-refractivity contribution in [2.24, 2.45) is 11.8 Å². The first kappa shape index (κ1) is 38.4. The predicted molar refractivity (Wildman–Crippen MR) is 185 cm³/mol. The lowest BCUT2D eigenvalue weighted by atomic mass is 9.87. The number of ether oxygens (including phenoxy) is 1. The van der Waals surface area contributed by atoms with Crippen LogP contribution in [0.3, 0.4) is 0 Å². The molecule has 4 atom stereocenters. The third-order valence-corrected chi connectivity index (χ3v) is 15.8. The summed E-state index contributed by atoms with van der Waals surface area (Å²) < 4.78 is 12.2. The molecule has 1 aromatic rings. The van der Waals surface area contributed by atoms with E-state index in [1.165, 1.54) is 18.2 Å². The zero-order valence-corrected chi connectivity index (χ0v) is 30.3. The van der Waals surface area contributed by atoms with Gasteiger partial charge < -0.3 is 14.3 Å². The highest BCUT2D eigenvalue weighted by Gasteiger charge is 2.49. The summed E-state index contributed by atoms with van der Waals surface area (Å²) >= 11 is 0. The van der Waals surface area contributed by atoms with E-state index in [-0.39, 0.29) is 23.9 Å². The Bertz CT molecular complexity index is 1000. The summed E-state index contributed by atoms with van der Waals surface area (Å²) in [5.74, 6) is 0.150. The maximum absolute atomic E-state index is 13.6. The van der Waals surface area contributed by atoms with Gasteiger partial charge in [0.2, 0.25) is 0 Å². The molecule has 5 nitrogen and oxygen atoms in total. The minimum atomic E-state index is -2.26. The molecule has 0 spiro atoms. The van der Waals surface area contributed by atoms with E-state index < -0.39 is 13.9 Å². The quantitative estimate of drug-likeness (QED) is 0.0635. The van der Waals surface area contributed by atoms with E-state index in [9.17, 15) is 14.7 Å². The molecule has 0 aromatic heterocycles. The third-order valence-electron chi connectivity index (χ3n) is 10.1. The number of hydrogen-bond donors (Lipinski definition) is 1. The number of esters is 1. The summed E-state index contributed by atoms with van der Waals surface area (Å²) in [6.07, 6.45) is 15.3. The molecule has 2 rings (SSSR count). The number of carbonyl (C=O) groups excluding carboxylic acids is 2. The normalized spacial score (nSPS) is 20.6. The van der Waals surface area contributed by atoms with Crippen molar-refractivity contribution in [2.75, 3.05) is 7.11 Å². The average molecular weight is 629 g/mol. The summed E-state index contributed by atoms with van der Waals surface area (Å²) in [5.41, 5.74) is 2.86. The van der Waals surface area contributed by atoms with Crippen LogP contribution in [0.2, 0.25) is 17.1 Å². The molecular weight excluding hydrogens is 564 g/mol. The molecule has 0 heterocycles. The molecule has 6 heteroatoms. The summed E-state index contributed by atoms with van der Waals surface area (Å²) in [4.78, 5) is 25.1. The molecule has 0 saturated heterocycles. The zero-order valence-electron chi connectivity index (χ0n) is 29.3. The SMILES string of the molecule is CCCCC(C)(O)C/C=C/C1C(O[Si](CCc2ccc(CC)cc2)(C(C)C)C(C)C)CC(=O)C1CCCCCCC(=O)OC. The Balaban J connectivity index is 2.24. The van der Waals surface area contributed by atoms with Crippen molar-refractivity contribution in [3.8, 4) is 0 Å². The van der Waals surface area contributed by atoms with E-state index in [4.69, 9.17) is 9.16 Å². The van der Waals surface area contributed by atoms with Crippen LogP contribution < -0.4 is 0 Å². The van der Waals surface area contributed by atoms with Crippen molar-refractivity contribution in [3.05, 3.63) is 47.5 Å². The molecule has 44 heavy (non-hydrogen) atoms. The van der Waals surface area contributed by atoms with Gasteiger partial charge in [0.05, 0.1) is 18.8 Å². The zero-order chi connectivity index (χ0) is 32.8. The van der Waals surface area contributed by atoms with E-state index in [1.807, 2.05) is 6.92 Å². The number of benzene rings is 1. The van der Waals surface area contributed by atoms with E-state index in [2.05, 4.69) is 78.0 Å². The number of methoxy groups -OCH3 is 1. The van der Waals surface area contributed by atoms with Gasteiger partial charge in [-0.05, 0) is 73.7 Å². The minimum Gasteiger partial charge on any atom is -0.469 e. The lowest BCUT2D eigenvalue weighted by Gasteiger charge is -2.42. The second-order valence-electron chi connectivity index (χ2n) is 14.2. The Labute approximate surface area is 270 Å². The van der Waals surface area contributed by atoms with Crippen molar-refractivity contribution in [1.29, 1.82) is 0 Å². The average Bonchev–Trinajstić information content (AvgIpc) is 3.28. The van der Waals surface area contributed by atoms with Crippen LogP contribution in [0.5, 0.6) is 0 Å². The fourth-order valence-electron chi connectivity index (χ4n) is 7.06. The molecule has 0 amide bonds. The van der Waals surface area contributed by atoms with Crippen LogP contribution in [0.15, 0.2) is 36.4 Å². The first-order chi connectivity index (χ1) is 20.9. The Morgan fingerprint density at radius 2 is 1.66 bits per heavy atom. The summed E-state index contributed by atoms with van der Waals surface area (Å²) in [6, 6.07) is 10.1. The molecule has 4 unspecified atom stereocenters. The topological polar surface area (TPSA) is 72.8 Å². The number of Topliss-reactive ketones (excluding diaryl/α,β-unsaturated/α-hetero) is 1. The Morgan fingerprint density at radius 3 is 2.25 bits per heavy atom. The summed E-state index contributed by atoms with van der Waals surface area (Å²) in [5, 5.41) is 11.0. The molecule has 0 bridgehead atoms. The molecule has 1 aliphatic rings. The second kappa shape index (κ2) is 19.0. The maximum atomic E-state index is 13.6. The monoisotopic (exact) mass is 628 g/mol. The molecule has 1 aliphatic carbocycles. The molecule has 1 fully saturated rings. The van der Waals surface area contributed by atoms with Gasteiger partial charge in [-0.25, -0.2) is 0 Å². The van der Waals surface area contributed by atoms with E-state index in [0.29, 0.717) is 36.1 Å². The van der Waals surface area contributed by atoms with Crippen molar-refractivity contribution in [1.82, 2.24) is 0 Å². The number of ketones is 1. The van der Waals surface area contributed by atoms with Crippen LogP contribution in [0.1, 0.15) is 130 Å². The molecule has 1 aromatic carbocycles. The highest BCUT2D eigenvalue weighted by Crippen LogP contribution is 2.44. The number of rotatable bonds is 21. The van der Waals surface area contributed by atoms with Gasteiger partial charge in [-0.15, -0.1) is 0 Å². The van der Waals surface area contributed by atoms with Crippen molar-refractivity contribution in [2.45, 2.75) is 161 Å². The van der Waals surface area contributed by atoms with E-state index in [0.717, 1.165) is 70.3 Å². The summed E-state index contributed by atoms with van der Waals surface area (Å²) in [6.45, 7) is 15.6. The van der Waals surface area contributed by atoms with Crippen molar-refractivity contribution >= 4 is 20.1 Å². The highest BCUT2D eigenvalue weighted by atomic mass is 28.4. The number of unbranched alkanes of at least 4 members (excludes halogenated alkanes) is 4. The van der Waals surface area contributed by atoms with Gasteiger partial charge >= 0.3 is 5.97 Å². The Morgan fingerprint density at radius 1 is 1.02 bits per heavy atom. The highest BCUT2D eigenvalue weighted by molar-refractivity contribution is 6.76. The van der Waals surface area contributed by atoms with Gasteiger partial charge in [0, 0.05) is 24.7 Å². The molecule has 1 N–H and O–H groups in total. The smallest absolute Gasteiger partial charge is 0.305 e. The van der Waals surface area contributed by atoms with Crippen LogP contribution in [-0.4, -0.2) is 44.0 Å². The molecule has 1 saturated carbocycles. The predicted octanol–water partition coefficient (Wildman–Crippen LogP) is 9.55. The van der Waals surface area contributed by atoms with Crippen molar-refractivity contribution in [3.63, 3.8) is 0 Å². The lowest BCUT2D eigenvalue weighted by molar-refractivity contribution is -0.140. The first-order valence-corrected chi connectivity index (χ1v) is 19.9. The number of aliphatic hydroxyl groups is 1. The molecular formula is C38H64O5Si. The van der Waals surface area contributed by atoms with Gasteiger partial charge in [-0.2, -0.15) is 0 Å². The Hall–Kier alpha value is -1.76. The third kappa shape index (κ3) is 11.9.